The van der Waals surface area contributed by atoms with E-state index in [1.54, 1.807) is 0 Å². The zero-order chi connectivity index (χ0) is 9.78. The smallest absolute Gasteiger partial charge is 0.158 e. The van der Waals surface area contributed by atoms with E-state index in [1.807, 2.05) is 11.8 Å². The highest BCUT2D eigenvalue weighted by Crippen LogP contribution is 2.04. The van der Waals surface area contributed by atoms with Crippen LogP contribution in [-0.4, -0.2) is 44.2 Å². The second-order valence-electron chi connectivity index (χ2n) is 2.71. The van der Waals surface area contributed by atoms with Crippen LogP contribution in [0, 0.1) is 0 Å². The molecule has 0 amide bonds. The molecule has 0 aromatic rings. The van der Waals surface area contributed by atoms with Crippen LogP contribution in [0.4, 0.5) is 0 Å². The predicted octanol–water partition coefficient (Wildman–Crippen LogP) is 0.797. The van der Waals surface area contributed by atoms with Crippen molar-refractivity contribution in [2.24, 2.45) is 0 Å². The lowest BCUT2D eigenvalue weighted by Gasteiger charge is -2.02. The first-order valence-corrected chi connectivity index (χ1v) is 10.3. The van der Waals surface area contributed by atoms with Crippen LogP contribution in [0.25, 0.3) is 0 Å². The fraction of sp³-hybridized carbons (Fsp3) is 1.00. The zero-order valence-corrected chi connectivity index (χ0v) is 12.5. The van der Waals surface area contributed by atoms with E-state index in [9.17, 15) is 0 Å². The van der Waals surface area contributed by atoms with Crippen molar-refractivity contribution in [1.82, 2.24) is 0 Å². The van der Waals surface area contributed by atoms with Crippen LogP contribution in [0.3, 0.4) is 0 Å². The number of hydrogen-bond donors (Lipinski definition) is 0. The SMILES string of the molecule is C[SiH2]OCCCSCCCO[SiH2]C. The van der Waals surface area contributed by atoms with E-state index in [4.69, 9.17) is 8.85 Å². The molecule has 0 aliphatic carbocycles. The van der Waals surface area contributed by atoms with Crippen molar-refractivity contribution >= 4 is 31.3 Å². The number of thioether (sulfide) groups is 1. The summed E-state index contributed by atoms with van der Waals surface area (Å²) in [4.78, 5) is 0. The van der Waals surface area contributed by atoms with E-state index >= 15 is 0 Å². The second-order valence-corrected chi connectivity index (χ2v) is 5.91. The van der Waals surface area contributed by atoms with Crippen LogP contribution in [0.2, 0.25) is 13.1 Å². The van der Waals surface area contributed by atoms with E-state index in [1.165, 1.54) is 24.3 Å². The summed E-state index contributed by atoms with van der Waals surface area (Å²) in [5, 5.41) is 0. The van der Waals surface area contributed by atoms with Crippen molar-refractivity contribution < 1.29 is 8.85 Å². The molecule has 0 fully saturated rings. The Morgan fingerprint density at radius 1 is 0.923 bits per heavy atom. The summed E-state index contributed by atoms with van der Waals surface area (Å²) in [5.74, 6) is 2.50. The highest BCUT2D eigenvalue weighted by molar-refractivity contribution is 7.99. The molecule has 80 valence electrons. The molecule has 0 atom stereocenters. The van der Waals surface area contributed by atoms with E-state index in [-0.39, 0.29) is 19.5 Å². The molecule has 0 aliphatic heterocycles. The van der Waals surface area contributed by atoms with Gasteiger partial charge in [-0.1, -0.05) is 13.1 Å². The summed E-state index contributed by atoms with van der Waals surface area (Å²) >= 11 is 2.02. The molecule has 0 heterocycles. The molecule has 0 bridgehead atoms. The van der Waals surface area contributed by atoms with Gasteiger partial charge in [-0.05, 0) is 24.3 Å². The molecule has 0 aliphatic rings. The van der Waals surface area contributed by atoms with Gasteiger partial charge in [0.15, 0.2) is 19.5 Å². The summed E-state index contributed by atoms with van der Waals surface area (Å²) in [7, 11) is -0.323. The molecular formula is C8H22O2SSi2. The molecular weight excluding hydrogens is 216 g/mol. The first-order chi connectivity index (χ1) is 6.41. The largest absolute Gasteiger partial charge is 0.424 e. The summed E-state index contributed by atoms with van der Waals surface area (Å²) in [6.07, 6.45) is 2.43. The van der Waals surface area contributed by atoms with Crippen molar-refractivity contribution in [3.8, 4) is 0 Å². The van der Waals surface area contributed by atoms with Gasteiger partial charge in [0.05, 0.1) is 0 Å². The topological polar surface area (TPSA) is 18.5 Å². The van der Waals surface area contributed by atoms with Crippen LogP contribution in [0.5, 0.6) is 0 Å². The molecule has 0 saturated carbocycles. The average Bonchev–Trinajstić information content (AvgIpc) is 2.16. The molecule has 0 radical (unpaired) electrons. The van der Waals surface area contributed by atoms with Crippen LogP contribution >= 0.6 is 11.8 Å². The summed E-state index contributed by atoms with van der Waals surface area (Å²) in [5.41, 5.74) is 0. The number of rotatable bonds is 10. The molecule has 0 rings (SSSR count). The molecule has 0 unspecified atom stereocenters. The van der Waals surface area contributed by atoms with Crippen molar-refractivity contribution in [3.05, 3.63) is 0 Å². The summed E-state index contributed by atoms with van der Waals surface area (Å²) in [6, 6.07) is 0. The Balaban J connectivity index is 2.76. The maximum atomic E-state index is 5.39. The number of hydrogen-bond acceptors (Lipinski definition) is 3. The van der Waals surface area contributed by atoms with E-state index in [2.05, 4.69) is 13.1 Å². The minimum atomic E-state index is -0.161. The minimum absolute atomic E-state index is 0.161. The minimum Gasteiger partial charge on any atom is -0.424 e. The zero-order valence-electron chi connectivity index (χ0n) is 8.88. The highest BCUT2D eigenvalue weighted by atomic mass is 32.2. The van der Waals surface area contributed by atoms with Gasteiger partial charge in [-0.3, -0.25) is 0 Å². The molecule has 0 aromatic heterocycles. The Bertz CT molecular complexity index is 86.2. The third kappa shape index (κ3) is 12.7. The monoisotopic (exact) mass is 238 g/mol. The predicted molar refractivity (Wildman–Crippen MR) is 67.3 cm³/mol. The van der Waals surface area contributed by atoms with Gasteiger partial charge in [-0.25, -0.2) is 0 Å². The van der Waals surface area contributed by atoms with Crippen molar-refractivity contribution in [1.29, 1.82) is 0 Å². The van der Waals surface area contributed by atoms with Crippen LogP contribution in [-0.2, 0) is 8.85 Å². The molecule has 0 aromatic carbocycles. The summed E-state index contributed by atoms with van der Waals surface area (Å²) in [6.45, 7) is 6.32. The lowest BCUT2D eigenvalue weighted by molar-refractivity contribution is 0.338. The van der Waals surface area contributed by atoms with Crippen molar-refractivity contribution in [2.75, 3.05) is 24.7 Å². The van der Waals surface area contributed by atoms with Gasteiger partial charge in [-0.2, -0.15) is 11.8 Å². The first-order valence-electron chi connectivity index (χ1n) is 5.15. The van der Waals surface area contributed by atoms with Gasteiger partial charge in [-0.15, -0.1) is 0 Å². The molecule has 0 N–H and O–H groups in total. The lowest BCUT2D eigenvalue weighted by Crippen LogP contribution is -1.99. The summed E-state index contributed by atoms with van der Waals surface area (Å²) < 4.78 is 10.8. The molecule has 13 heavy (non-hydrogen) atoms. The van der Waals surface area contributed by atoms with Crippen LogP contribution in [0.15, 0.2) is 0 Å². The van der Waals surface area contributed by atoms with Gasteiger partial charge in [0.25, 0.3) is 0 Å². The lowest BCUT2D eigenvalue weighted by atomic mass is 10.5. The third-order valence-corrected chi connectivity index (χ3v) is 4.11. The highest BCUT2D eigenvalue weighted by Gasteiger charge is 1.90. The van der Waals surface area contributed by atoms with Crippen LogP contribution < -0.4 is 0 Å². The average molecular weight is 239 g/mol. The first kappa shape index (κ1) is 13.7. The normalized spacial score (nSPS) is 12.5. The van der Waals surface area contributed by atoms with Gasteiger partial charge in [0, 0.05) is 13.2 Å². The van der Waals surface area contributed by atoms with E-state index in [0.29, 0.717) is 0 Å². The molecule has 2 nitrogen and oxygen atoms in total. The second kappa shape index (κ2) is 12.7. The van der Waals surface area contributed by atoms with Gasteiger partial charge in [0.2, 0.25) is 0 Å². The maximum absolute atomic E-state index is 5.39. The van der Waals surface area contributed by atoms with E-state index < -0.39 is 0 Å². The van der Waals surface area contributed by atoms with Crippen molar-refractivity contribution in [2.45, 2.75) is 25.9 Å². The quantitative estimate of drug-likeness (QED) is 0.414. The van der Waals surface area contributed by atoms with Gasteiger partial charge < -0.3 is 8.85 Å². The Morgan fingerprint density at radius 2 is 1.38 bits per heavy atom. The fourth-order valence-electron chi connectivity index (χ4n) is 0.917. The Hall–Kier alpha value is 0.704. The van der Waals surface area contributed by atoms with Crippen molar-refractivity contribution in [3.63, 3.8) is 0 Å². The molecule has 5 heteroatoms. The fourth-order valence-corrected chi connectivity index (χ4v) is 2.75. The third-order valence-electron chi connectivity index (χ3n) is 1.56. The van der Waals surface area contributed by atoms with Crippen LogP contribution in [0.1, 0.15) is 12.8 Å². The Kier molecular flexibility index (Phi) is 13.4. The molecule has 0 spiro atoms. The van der Waals surface area contributed by atoms with E-state index in [0.717, 1.165) is 13.2 Å². The molecule has 0 saturated heterocycles. The standard InChI is InChI=1S/C8H22O2SSi2/c1-12-9-5-3-7-11-8-4-6-10-13-2/h3-8,12-13H2,1-2H3. The van der Waals surface area contributed by atoms with Gasteiger partial charge >= 0.3 is 0 Å². The Morgan fingerprint density at radius 3 is 1.77 bits per heavy atom. The maximum Gasteiger partial charge on any atom is 0.158 e. The van der Waals surface area contributed by atoms with Gasteiger partial charge in [0.1, 0.15) is 0 Å². The Labute approximate surface area is 91.0 Å².